The number of aromatic nitrogens is 5. The summed E-state index contributed by atoms with van der Waals surface area (Å²) < 4.78 is 9.77. The van der Waals surface area contributed by atoms with Crippen LogP contribution in [-0.2, 0) is 0 Å². The summed E-state index contributed by atoms with van der Waals surface area (Å²) in [4.78, 5) is 5.36. The number of pyridine rings is 1. The maximum absolute atomic E-state index is 5.36. The van der Waals surface area contributed by atoms with Crippen LogP contribution in [0.5, 0.6) is 0 Å². The van der Waals surface area contributed by atoms with Gasteiger partial charge in [-0.2, -0.15) is 0 Å². The van der Waals surface area contributed by atoms with Crippen LogP contribution in [0.25, 0.3) is 121 Å². The van der Waals surface area contributed by atoms with Crippen LogP contribution < -0.4 is 0 Å². The van der Waals surface area contributed by atoms with Crippen molar-refractivity contribution in [2.24, 2.45) is 0 Å². The number of hydrogen-bond acceptors (Lipinski definition) is 1. The summed E-state index contributed by atoms with van der Waals surface area (Å²) in [6, 6.07) is 81.2. The van der Waals surface area contributed by atoms with Crippen molar-refractivity contribution >= 4 is 87.2 Å². The number of rotatable bonds is 5. The van der Waals surface area contributed by atoms with E-state index in [1.54, 1.807) is 0 Å². The molecule has 0 aliphatic carbocycles. The van der Waals surface area contributed by atoms with Crippen molar-refractivity contribution in [2.75, 3.05) is 0 Å². The highest BCUT2D eigenvalue weighted by Gasteiger charge is 2.24. The predicted octanol–water partition coefficient (Wildman–Crippen LogP) is 15.1. The van der Waals surface area contributed by atoms with Gasteiger partial charge < -0.3 is 13.7 Å². The first-order valence-corrected chi connectivity index (χ1v) is 21.9. The molecule has 14 rings (SSSR count). The Morgan fingerprint density at radius 2 is 0.719 bits per heavy atom. The molecule has 0 atom stereocenters. The van der Waals surface area contributed by atoms with Crippen LogP contribution in [-0.4, -0.2) is 23.3 Å². The van der Waals surface area contributed by atoms with Crippen molar-refractivity contribution in [1.29, 1.82) is 0 Å². The monoisotopic (exact) mass is 815 g/mol. The second-order valence-corrected chi connectivity index (χ2v) is 16.7. The molecule has 0 saturated heterocycles. The van der Waals surface area contributed by atoms with Crippen LogP contribution in [0.2, 0.25) is 0 Å². The average molecular weight is 816 g/mol. The zero-order chi connectivity index (χ0) is 41.9. The lowest BCUT2D eigenvalue weighted by atomic mass is 10.1. The first-order valence-electron chi connectivity index (χ1n) is 21.9. The van der Waals surface area contributed by atoms with Gasteiger partial charge in [-0.1, -0.05) is 152 Å². The third kappa shape index (κ3) is 4.86. The summed E-state index contributed by atoms with van der Waals surface area (Å²) in [5.74, 6) is 0.884. The zero-order valence-electron chi connectivity index (χ0n) is 34.6. The highest BCUT2D eigenvalue weighted by atomic mass is 15.1. The number of benzene rings is 9. The molecule has 0 N–H and O–H groups in total. The molecule has 14 aromatic rings. The van der Waals surface area contributed by atoms with Crippen molar-refractivity contribution in [2.45, 2.75) is 0 Å². The van der Waals surface area contributed by atoms with Gasteiger partial charge >= 0.3 is 0 Å². The Morgan fingerprint density at radius 1 is 0.266 bits per heavy atom. The molecule has 5 heteroatoms. The largest absolute Gasteiger partial charge is 0.309 e. The molecular weight excluding hydrogens is 779 g/mol. The fraction of sp³-hybridized carbons (Fsp3) is 0. The smallest absolute Gasteiger partial charge is 0.138 e. The maximum atomic E-state index is 5.36. The molecule has 0 radical (unpaired) electrons. The molecule has 9 aromatic carbocycles. The molecule has 0 aliphatic heterocycles. The number of nitrogens with zero attached hydrogens (tertiary/aromatic N) is 5. The fourth-order valence-electron chi connectivity index (χ4n) is 10.7. The van der Waals surface area contributed by atoms with E-state index in [9.17, 15) is 0 Å². The van der Waals surface area contributed by atoms with E-state index in [4.69, 9.17) is 4.98 Å². The summed E-state index contributed by atoms with van der Waals surface area (Å²) in [7, 11) is 0. The Labute approximate surface area is 367 Å². The van der Waals surface area contributed by atoms with E-state index in [2.05, 4.69) is 243 Å². The highest BCUT2D eigenvalue weighted by Crippen LogP contribution is 2.44. The normalized spacial score (nSPS) is 12.1. The van der Waals surface area contributed by atoms with Gasteiger partial charge in [-0.15, -0.1) is 0 Å². The summed E-state index contributed by atoms with van der Waals surface area (Å²) in [5, 5.41) is 9.76. The van der Waals surface area contributed by atoms with Crippen molar-refractivity contribution in [1.82, 2.24) is 23.3 Å². The van der Waals surface area contributed by atoms with E-state index in [1.807, 2.05) is 0 Å². The van der Waals surface area contributed by atoms with Gasteiger partial charge in [0.1, 0.15) is 5.82 Å². The minimum atomic E-state index is 0.884. The van der Waals surface area contributed by atoms with Crippen LogP contribution in [0.15, 0.2) is 224 Å². The quantitative estimate of drug-likeness (QED) is 0.170. The minimum absolute atomic E-state index is 0.884. The summed E-state index contributed by atoms with van der Waals surface area (Å²) in [5.41, 5.74) is 14.7. The Morgan fingerprint density at radius 3 is 1.38 bits per heavy atom. The highest BCUT2D eigenvalue weighted by molar-refractivity contribution is 6.27. The molecule has 0 fully saturated rings. The first-order chi connectivity index (χ1) is 31.8. The molecule has 0 unspecified atom stereocenters. The third-order valence-corrected chi connectivity index (χ3v) is 13.3. The van der Waals surface area contributed by atoms with Crippen LogP contribution in [0.3, 0.4) is 0 Å². The van der Waals surface area contributed by atoms with E-state index in [-0.39, 0.29) is 0 Å². The Hall–Kier alpha value is -8.67. The van der Waals surface area contributed by atoms with E-state index in [1.165, 1.54) is 65.2 Å². The van der Waals surface area contributed by atoms with Gasteiger partial charge in [0, 0.05) is 65.7 Å². The van der Waals surface area contributed by atoms with Crippen LogP contribution in [0.1, 0.15) is 0 Å². The lowest BCUT2D eigenvalue weighted by molar-refractivity contribution is 1.08. The molecule has 0 bridgehead atoms. The van der Waals surface area contributed by atoms with E-state index >= 15 is 0 Å². The number of hydrogen-bond donors (Lipinski definition) is 0. The fourth-order valence-corrected chi connectivity index (χ4v) is 10.7. The molecule has 5 aromatic heterocycles. The van der Waals surface area contributed by atoms with E-state index < -0.39 is 0 Å². The lowest BCUT2D eigenvalue weighted by Crippen LogP contribution is -2.02. The van der Waals surface area contributed by atoms with Crippen LogP contribution in [0, 0.1) is 0 Å². The predicted molar refractivity (Wildman–Crippen MR) is 267 cm³/mol. The minimum Gasteiger partial charge on any atom is -0.309 e. The third-order valence-electron chi connectivity index (χ3n) is 13.3. The van der Waals surface area contributed by atoms with Crippen LogP contribution >= 0.6 is 0 Å². The molecule has 64 heavy (non-hydrogen) atoms. The Bertz CT molecular complexity index is 4180. The second-order valence-electron chi connectivity index (χ2n) is 16.7. The lowest BCUT2D eigenvalue weighted by Gasteiger charge is -2.15. The maximum Gasteiger partial charge on any atom is 0.138 e. The zero-order valence-corrected chi connectivity index (χ0v) is 34.6. The molecule has 5 nitrogen and oxygen atoms in total. The molecule has 0 aliphatic rings. The summed E-state index contributed by atoms with van der Waals surface area (Å²) >= 11 is 0. The van der Waals surface area contributed by atoms with Gasteiger partial charge in [0.2, 0.25) is 0 Å². The van der Waals surface area contributed by atoms with Crippen molar-refractivity contribution in [3.63, 3.8) is 0 Å². The molecule has 0 saturated carbocycles. The van der Waals surface area contributed by atoms with Gasteiger partial charge in [0.25, 0.3) is 0 Å². The van der Waals surface area contributed by atoms with Crippen LogP contribution in [0.4, 0.5) is 0 Å². The molecule has 0 spiro atoms. The Kier molecular flexibility index (Phi) is 7.33. The summed E-state index contributed by atoms with van der Waals surface area (Å²) in [6.45, 7) is 0. The number of fused-ring (bicyclic) bond motifs is 14. The second kappa shape index (κ2) is 13.4. The van der Waals surface area contributed by atoms with Crippen molar-refractivity contribution in [3.05, 3.63) is 224 Å². The van der Waals surface area contributed by atoms with Gasteiger partial charge in [-0.25, -0.2) is 4.98 Å². The molecule has 298 valence electrons. The molecule has 0 amide bonds. The summed E-state index contributed by atoms with van der Waals surface area (Å²) in [6.07, 6.45) is 0. The Balaban J connectivity index is 1.07. The van der Waals surface area contributed by atoms with Gasteiger partial charge in [0.15, 0.2) is 0 Å². The molecule has 5 heterocycles. The van der Waals surface area contributed by atoms with Gasteiger partial charge in [-0.05, 0) is 72.8 Å². The van der Waals surface area contributed by atoms with E-state index in [0.29, 0.717) is 0 Å². The number of para-hydroxylation sites is 5. The van der Waals surface area contributed by atoms with E-state index in [0.717, 1.165) is 56.2 Å². The topological polar surface area (TPSA) is 32.6 Å². The molecular formula is C59H37N5. The first kappa shape index (κ1) is 35.0. The van der Waals surface area contributed by atoms with Gasteiger partial charge in [-0.3, -0.25) is 4.57 Å². The average Bonchev–Trinajstić information content (AvgIpc) is 4.10. The SMILES string of the molecule is c1ccc(-c2cccc(-n3c4ccccc4c4ccc5c6ccccc6n(-c6cccc(-n7c8ccccc8c8c7ccc7c9ccccc9n(-c9ccccc9)c78)c6)c5c43)n2)cc1. The van der Waals surface area contributed by atoms with Crippen molar-refractivity contribution < 1.29 is 0 Å². The van der Waals surface area contributed by atoms with Gasteiger partial charge in [0.05, 0.1) is 49.8 Å². The standard InChI is InChI=1S/C59H37N5/c1-3-17-38(18-4-1)49-27-16-32-55(60-49)64-52-30-13-9-25-44(52)47-34-33-46-43-24-8-12-29-51(43)63(58(46)59(47)64)41-22-15-21-40(37-41)61-53-31-14-10-26-48(53)56-54(61)36-35-45-42-23-7-11-28-50(42)62(57(45)56)39-19-5-2-6-20-39/h1-37H. The van der Waals surface area contributed by atoms with Crippen molar-refractivity contribution in [3.8, 4) is 34.1 Å².